The van der Waals surface area contributed by atoms with Gasteiger partial charge in [-0.1, -0.05) is 60.5 Å². The van der Waals surface area contributed by atoms with E-state index in [1.807, 2.05) is 19.9 Å². The van der Waals surface area contributed by atoms with Crippen LogP contribution in [0.4, 0.5) is 5.69 Å². The maximum atomic E-state index is 14.0. The first-order chi connectivity index (χ1) is 18.5. The standard InChI is InChI=1S/C29H33Cl2N3O4S/c1-5-27(29(36)32-6-2)33(18-22-13-15-25(30)26(31)17-22)28(35)19-34(23-14-12-20(3)21(4)16-23)39(37,38)24-10-8-7-9-11-24/h7-17,27H,5-6,18-19H2,1-4H3,(H,32,36)/t27-/m1/s1. The lowest BCUT2D eigenvalue weighted by Crippen LogP contribution is -2.52. The number of carbonyl (C=O) groups excluding carboxylic acids is 2. The van der Waals surface area contributed by atoms with Gasteiger partial charge in [-0.05, 0) is 80.3 Å². The number of benzene rings is 3. The highest BCUT2D eigenvalue weighted by atomic mass is 35.5. The quantitative estimate of drug-likeness (QED) is 0.308. The number of sulfonamides is 1. The highest BCUT2D eigenvalue weighted by Gasteiger charge is 2.33. The molecule has 0 aliphatic rings. The molecule has 39 heavy (non-hydrogen) atoms. The van der Waals surface area contributed by atoms with E-state index in [4.69, 9.17) is 23.2 Å². The molecule has 0 spiro atoms. The maximum Gasteiger partial charge on any atom is 0.264 e. The Balaban J connectivity index is 2.08. The molecule has 0 aromatic heterocycles. The molecule has 208 valence electrons. The van der Waals surface area contributed by atoms with Crippen molar-refractivity contribution in [3.05, 3.63) is 93.5 Å². The Labute approximate surface area is 240 Å². The summed E-state index contributed by atoms with van der Waals surface area (Å²) in [6.45, 7) is 7.33. The van der Waals surface area contributed by atoms with Crippen molar-refractivity contribution in [2.24, 2.45) is 0 Å². The fourth-order valence-electron chi connectivity index (χ4n) is 4.18. The van der Waals surface area contributed by atoms with Crippen molar-refractivity contribution in [1.29, 1.82) is 0 Å². The Bertz CT molecular complexity index is 1430. The summed E-state index contributed by atoms with van der Waals surface area (Å²) in [4.78, 5) is 28.5. The van der Waals surface area contributed by atoms with E-state index in [0.29, 0.717) is 34.3 Å². The van der Waals surface area contributed by atoms with E-state index < -0.39 is 28.5 Å². The van der Waals surface area contributed by atoms with Crippen molar-refractivity contribution in [2.45, 2.75) is 51.6 Å². The molecule has 7 nitrogen and oxygen atoms in total. The predicted octanol–water partition coefficient (Wildman–Crippen LogP) is 5.75. The van der Waals surface area contributed by atoms with Gasteiger partial charge in [0.05, 0.1) is 20.6 Å². The number of hydrogen-bond donors (Lipinski definition) is 1. The molecule has 1 N–H and O–H groups in total. The van der Waals surface area contributed by atoms with Gasteiger partial charge in [-0.2, -0.15) is 0 Å². The average molecular weight is 591 g/mol. The first kappa shape index (κ1) is 30.5. The molecule has 0 saturated carbocycles. The lowest BCUT2D eigenvalue weighted by molar-refractivity contribution is -0.140. The van der Waals surface area contributed by atoms with Crippen molar-refractivity contribution >= 4 is 50.7 Å². The Morgan fingerprint density at radius 2 is 1.59 bits per heavy atom. The lowest BCUT2D eigenvalue weighted by atomic mass is 10.1. The smallest absolute Gasteiger partial charge is 0.264 e. The third-order valence-corrected chi connectivity index (χ3v) is 8.99. The number of aryl methyl sites for hydroxylation is 2. The molecule has 10 heteroatoms. The highest BCUT2D eigenvalue weighted by Crippen LogP contribution is 2.28. The molecule has 0 radical (unpaired) electrons. The van der Waals surface area contributed by atoms with Gasteiger partial charge in [-0.15, -0.1) is 0 Å². The van der Waals surface area contributed by atoms with Gasteiger partial charge in [-0.3, -0.25) is 13.9 Å². The predicted molar refractivity (Wildman–Crippen MR) is 157 cm³/mol. The van der Waals surface area contributed by atoms with Gasteiger partial charge in [-0.25, -0.2) is 8.42 Å². The lowest BCUT2D eigenvalue weighted by Gasteiger charge is -2.33. The van der Waals surface area contributed by atoms with Crippen LogP contribution in [0.3, 0.4) is 0 Å². The summed E-state index contributed by atoms with van der Waals surface area (Å²) in [7, 11) is -4.11. The maximum absolute atomic E-state index is 14.0. The number of carbonyl (C=O) groups is 2. The fraction of sp³-hybridized carbons (Fsp3) is 0.310. The third kappa shape index (κ3) is 7.32. The van der Waals surface area contributed by atoms with Gasteiger partial charge in [0.15, 0.2) is 0 Å². The topological polar surface area (TPSA) is 86.8 Å². The molecule has 0 aliphatic heterocycles. The molecule has 0 aliphatic carbocycles. The van der Waals surface area contributed by atoms with Gasteiger partial charge in [0.1, 0.15) is 12.6 Å². The number of amides is 2. The van der Waals surface area contributed by atoms with Crippen LogP contribution < -0.4 is 9.62 Å². The van der Waals surface area contributed by atoms with E-state index in [2.05, 4.69) is 5.32 Å². The second-order valence-corrected chi connectivity index (χ2v) is 11.9. The summed E-state index contributed by atoms with van der Waals surface area (Å²) in [6, 6.07) is 17.4. The summed E-state index contributed by atoms with van der Waals surface area (Å²) < 4.78 is 28.8. The molecule has 3 aromatic carbocycles. The van der Waals surface area contributed by atoms with Crippen molar-refractivity contribution in [3.8, 4) is 0 Å². The molecule has 0 heterocycles. The SMILES string of the molecule is CCNC(=O)[C@@H](CC)N(Cc1ccc(Cl)c(Cl)c1)C(=O)CN(c1ccc(C)c(C)c1)S(=O)(=O)c1ccccc1. The average Bonchev–Trinajstić information content (AvgIpc) is 2.91. The van der Waals surface area contributed by atoms with Crippen LogP contribution in [0.5, 0.6) is 0 Å². The molecule has 0 fully saturated rings. The zero-order valence-electron chi connectivity index (χ0n) is 22.4. The van der Waals surface area contributed by atoms with Gasteiger partial charge < -0.3 is 10.2 Å². The summed E-state index contributed by atoms with van der Waals surface area (Å²) in [5.41, 5.74) is 2.89. The van der Waals surface area contributed by atoms with Crippen LogP contribution >= 0.6 is 23.2 Å². The van der Waals surface area contributed by atoms with E-state index in [1.165, 1.54) is 17.0 Å². The summed E-state index contributed by atoms with van der Waals surface area (Å²) in [5, 5.41) is 3.46. The molecule has 0 unspecified atom stereocenters. The summed E-state index contributed by atoms with van der Waals surface area (Å²) in [6.07, 6.45) is 0.327. The molecular weight excluding hydrogens is 557 g/mol. The Kier molecular flexibility index (Phi) is 10.4. The van der Waals surface area contributed by atoms with Crippen LogP contribution in [0, 0.1) is 13.8 Å². The number of rotatable bonds is 11. The van der Waals surface area contributed by atoms with E-state index in [0.717, 1.165) is 15.4 Å². The first-order valence-corrected chi connectivity index (χ1v) is 14.8. The summed E-state index contributed by atoms with van der Waals surface area (Å²) >= 11 is 12.3. The molecule has 0 bridgehead atoms. The van der Waals surface area contributed by atoms with E-state index in [-0.39, 0.29) is 17.3 Å². The molecule has 0 saturated heterocycles. The Morgan fingerprint density at radius 1 is 0.897 bits per heavy atom. The minimum absolute atomic E-state index is 0.0392. The minimum Gasteiger partial charge on any atom is -0.355 e. The van der Waals surface area contributed by atoms with Gasteiger partial charge in [0.25, 0.3) is 10.0 Å². The van der Waals surface area contributed by atoms with E-state index in [1.54, 1.807) is 62.4 Å². The number of nitrogens with zero attached hydrogens (tertiary/aromatic N) is 2. The van der Waals surface area contributed by atoms with Gasteiger partial charge >= 0.3 is 0 Å². The van der Waals surface area contributed by atoms with Crippen molar-refractivity contribution in [2.75, 3.05) is 17.4 Å². The number of likely N-dealkylation sites (N-methyl/N-ethyl adjacent to an activating group) is 1. The van der Waals surface area contributed by atoms with Crippen LogP contribution in [0.1, 0.15) is 37.0 Å². The second-order valence-electron chi connectivity index (χ2n) is 9.18. The fourth-order valence-corrected chi connectivity index (χ4v) is 5.92. The monoisotopic (exact) mass is 589 g/mol. The highest BCUT2D eigenvalue weighted by molar-refractivity contribution is 7.92. The molecule has 3 rings (SSSR count). The zero-order chi connectivity index (χ0) is 28.7. The van der Waals surface area contributed by atoms with E-state index in [9.17, 15) is 18.0 Å². The van der Waals surface area contributed by atoms with Crippen molar-refractivity contribution in [1.82, 2.24) is 10.2 Å². The Morgan fingerprint density at radius 3 is 2.18 bits per heavy atom. The number of hydrogen-bond acceptors (Lipinski definition) is 4. The summed E-state index contributed by atoms with van der Waals surface area (Å²) in [5.74, 6) is -0.853. The number of anilines is 1. The number of halogens is 2. The van der Waals surface area contributed by atoms with Crippen LogP contribution in [0.2, 0.25) is 10.0 Å². The van der Waals surface area contributed by atoms with E-state index >= 15 is 0 Å². The molecular formula is C29H33Cl2N3O4S. The molecule has 3 aromatic rings. The van der Waals surface area contributed by atoms with Crippen LogP contribution in [0.25, 0.3) is 0 Å². The zero-order valence-corrected chi connectivity index (χ0v) is 24.8. The minimum atomic E-state index is -4.11. The Hall–Kier alpha value is -3.07. The molecule has 2 amide bonds. The van der Waals surface area contributed by atoms with Crippen molar-refractivity contribution < 1.29 is 18.0 Å². The van der Waals surface area contributed by atoms with Crippen LogP contribution in [0.15, 0.2) is 71.6 Å². The molecule has 1 atom stereocenters. The number of nitrogens with one attached hydrogen (secondary N) is 1. The van der Waals surface area contributed by atoms with Crippen LogP contribution in [-0.4, -0.2) is 44.3 Å². The third-order valence-electron chi connectivity index (χ3n) is 6.46. The van der Waals surface area contributed by atoms with Gasteiger partial charge in [0, 0.05) is 13.1 Å². The first-order valence-electron chi connectivity index (χ1n) is 12.7. The largest absolute Gasteiger partial charge is 0.355 e. The normalized spacial score (nSPS) is 12.1. The van der Waals surface area contributed by atoms with Crippen molar-refractivity contribution in [3.63, 3.8) is 0 Å². The second kappa shape index (κ2) is 13.3. The van der Waals surface area contributed by atoms with Crippen LogP contribution in [-0.2, 0) is 26.2 Å². The van der Waals surface area contributed by atoms with Gasteiger partial charge in [0.2, 0.25) is 11.8 Å².